The molecule has 50 heavy (non-hydrogen) atoms. The van der Waals surface area contributed by atoms with Crippen molar-refractivity contribution in [1.82, 2.24) is 29.7 Å². The lowest BCUT2D eigenvalue weighted by Gasteiger charge is -2.36. The number of anilines is 1. The predicted octanol–water partition coefficient (Wildman–Crippen LogP) is 4.05. The van der Waals surface area contributed by atoms with E-state index in [0.29, 0.717) is 68.5 Å². The highest BCUT2D eigenvalue weighted by atomic mass is 16.5. The number of hydrogen-bond acceptors (Lipinski definition) is 9. The van der Waals surface area contributed by atoms with Crippen LogP contribution in [-0.2, 0) is 33.9 Å². The standard InChI is InChI=1S/C37H53N7O6/c1-7-31-38-12-16-41(31)15-11-33(46)43-18-17-42(34(47)19-25(2)3)14-10-32(45)39-22-26-9-8-13-44(23-26)37-27(24-43)20-28-29(40-37)21-30(48-4)36(50-6)35(28)49-5/h12,16,20-21,25-26H,7-11,13-15,17-19,22-24H2,1-6H3,(H,39,45). The van der Waals surface area contributed by atoms with E-state index in [-0.39, 0.29) is 48.9 Å². The monoisotopic (exact) mass is 691 g/mol. The van der Waals surface area contributed by atoms with Crippen LogP contribution in [0.1, 0.15) is 64.3 Å². The first-order valence-electron chi connectivity index (χ1n) is 17.8. The van der Waals surface area contributed by atoms with Gasteiger partial charge in [-0.25, -0.2) is 9.97 Å². The number of nitrogens with zero attached hydrogens (tertiary/aromatic N) is 6. The van der Waals surface area contributed by atoms with Crippen LogP contribution in [-0.4, -0.2) is 103 Å². The van der Waals surface area contributed by atoms with Crippen LogP contribution >= 0.6 is 0 Å². The van der Waals surface area contributed by atoms with Crippen LogP contribution in [0.25, 0.3) is 10.9 Å². The zero-order valence-corrected chi connectivity index (χ0v) is 30.5. The summed E-state index contributed by atoms with van der Waals surface area (Å²) < 4.78 is 19.3. The van der Waals surface area contributed by atoms with Gasteiger partial charge in [0.05, 0.1) is 26.8 Å². The van der Waals surface area contributed by atoms with Crippen LogP contribution in [0.4, 0.5) is 5.82 Å². The maximum Gasteiger partial charge on any atom is 0.224 e. The molecule has 3 amide bonds. The van der Waals surface area contributed by atoms with E-state index in [0.717, 1.165) is 48.4 Å². The minimum Gasteiger partial charge on any atom is -0.493 e. The molecule has 2 bridgehead atoms. The Morgan fingerprint density at radius 1 is 1.00 bits per heavy atom. The molecule has 1 saturated heterocycles. The molecule has 0 radical (unpaired) electrons. The third kappa shape index (κ3) is 8.59. The first-order chi connectivity index (χ1) is 24.1. The fourth-order valence-corrected chi connectivity index (χ4v) is 7.03. The van der Waals surface area contributed by atoms with Crippen molar-refractivity contribution in [3.8, 4) is 17.2 Å². The van der Waals surface area contributed by atoms with Gasteiger partial charge in [-0.3, -0.25) is 14.4 Å². The number of fused-ring (bicyclic) bond motifs is 5. The second kappa shape index (κ2) is 16.9. The number of rotatable bonds is 9. The van der Waals surface area contributed by atoms with Gasteiger partial charge in [-0.1, -0.05) is 20.8 Å². The van der Waals surface area contributed by atoms with Crippen molar-refractivity contribution < 1.29 is 28.6 Å². The van der Waals surface area contributed by atoms with Crippen molar-refractivity contribution >= 4 is 34.4 Å². The van der Waals surface area contributed by atoms with Gasteiger partial charge < -0.3 is 38.8 Å². The van der Waals surface area contributed by atoms with Crippen LogP contribution in [0, 0.1) is 11.8 Å². The molecule has 0 saturated carbocycles. The third-order valence-corrected chi connectivity index (χ3v) is 9.67. The normalized spacial score (nSPS) is 17.5. The first kappa shape index (κ1) is 36.7. The summed E-state index contributed by atoms with van der Waals surface area (Å²) in [5, 5.41) is 3.87. The summed E-state index contributed by atoms with van der Waals surface area (Å²) in [5.74, 6) is 3.45. The number of amides is 3. The van der Waals surface area contributed by atoms with E-state index >= 15 is 0 Å². The Bertz CT molecular complexity index is 1660. The smallest absolute Gasteiger partial charge is 0.224 e. The van der Waals surface area contributed by atoms with Gasteiger partial charge in [-0.05, 0) is 30.7 Å². The molecular formula is C37H53N7O6. The maximum absolute atomic E-state index is 14.2. The lowest BCUT2D eigenvalue weighted by molar-refractivity contribution is -0.136. The molecular weight excluding hydrogens is 638 g/mol. The molecule has 1 atom stereocenters. The van der Waals surface area contributed by atoms with Crippen LogP contribution in [0.15, 0.2) is 24.5 Å². The van der Waals surface area contributed by atoms with Crippen LogP contribution in [0.5, 0.6) is 17.2 Å². The quantitative estimate of drug-likeness (QED) is 0.353. The second-order valence-corrected chi connectivity index (χ2v) is 13.6. The van der Waals surface area contributed by atoms with Crippen molar-refractivity contribution in [2.45, 2.75) is 72.4 Å². The summed E-state index contributed by atoms with van der Waals surface area (Å²) in [6.45, 7) is 9.82. The largest absolute Gasteiger partial charge is 0.493 e. The van der Waals surface area contributed by atoms with E-state index in [1.54, 1.807) is 32.4 Å². The number of ether oxygens (including phenoxy) is 3. The molecule has 1 aromatic carbocycles. The highest BCUT2D eigenvalue weighted by Gasteiger charge is 2.28. The Labute approximate surface area is 295 Å². The number of hydrogen-bond donors (Lipinski definition) is 1. The van der Waals surface area contributed by atoms with Gasteiger partial charge in [0.25, 0.3) is 0 Å². The Morgan fingerprint density at radius 2 is 1.78 bits per heavy atom. The number of carbonyl (C=O) groups is 3. The molecule has 2 aromatic heterocycles. The number of benzene rings is 1. The SMILES string of the molecule is CCc1nccn1CCC(=O)N1CCN(C(=O)CC(C)C)CCC(=O)NCC2CCCN(C2)c2nc3cc(OC)c(OC)c(OC)c3cc2C1. The van der Waals surface area contributed by atoms with Gasteiger partial charge in [-0.2, -0.15) is 0 Å². The summed E-state index contributed by atoms with van der Waals surface area (Å²) in [7, 11) is 4.75. The van der Waals surface area contributed by atoms with E-state index < -0.39 is 0 Å². The highest BCUT2D eigenvalue weighted by Crippen LogP contribution is 2.44. The first-order valence-corrected chi connectivity index (χ1v) is 17.8. The number of piperidine rings is 1. The number of methoxy groups -OCH3 is 3. The summed E-state index contributed by atoms with van der Waals surface area (Å²) in [6, 6.07) is 3.90. The molecule has 272 valence electrons. The fourth-order valence-electron chi connectivity index (χ4n) is 7.03. The number of imidazole rings is 1. The molecule has 0 aliphatic carbocycles. The molecule has 1 N–H and O–H groups in total. The Morgan fingerprint density at radius 3 is 2.50 bits per heavy atom. The fraction of sp³-hybridized carbons (Fsp3) is 0.595. The Balaban J connectivity index is 1.60. The number of nitrogens with one attached hydrogen (secondary N) is 1. The zero-order valence-electron chi connectivity index (χ0n) is 30.5. The second-order valence-electron chi connectivity index (χ2n) is 13.6. The lowest BCUT2D eigenvalue weighted by atomic mass is 9.97. The van der Waals surface area contributed by atoms with E-state index in [9.17, 15) is 14.4 Å². The van der Waals surface area contributed by atoms with Gasteiger partial charge >= 0.3 is 0 Å². The minimum atomic E-state index is -0.0722. The van der Waals surface area contributed by atoms with E-state index in [1.807, 2.05) is 42.5 Å². The van der Waals surface area contributed by atoms with Crippen molar-refractivity contribution in [1.29, 1.82) is 0 Å². The topological polar surface area (TPSA) is 131 Å². The van der Waals surface area contributed by atoms with E-state index in [4.69, 9.17) is 19.2 Å². The lowest BCUT2D eigenvalue weighted by Crippen LogP contribution is -2.43. The molecule has 13 heteroatoms. The van der Waals surface area contributed by atoms with Crippen LogP contribution in [0.2, 0.25) is 0 Å². The van der Waals surface area contributed by atoms with E-state index in [1.165, 1.54) is 0 Å². The predicted molar refractivity (Wildman–Crippen MR) is 192 cm³/mol. The van der Waals surface area contributed by atoms with Gasteiger partial charge in [0, 0.05) is 107 Å². The van der Waals surface area contributed by atoms with Gasteiger partial charge in [0.1, 0.15) is 11.6 Å². The number of aryl methyl sites for hydroxylation is 2. The Kier molecular flexibility index (Phi) is 12.4. The molecule has 3 aromatic rings. The molecule has 2 aliphatic heterocycles. The van der Waals surface area contributed by atoms with Gasteiger partial charge in [0.15, 0.2) is 11.5 Å². The molecule has 5 rings (SSSR count). The average Bonchev–Trinajstić information content (AvgIpc) is 3.58. The molecule has 1 fully saturated rings. The van der Waals surface area contributed by atoms with E-state index in [2.05, 4.69) is 21.3 Å². The summed E-state index contributed by atoms with van der Waals surface area (Å²) in [5.41, 5.74) is 1.55. The van der Waals surface area contributed by atoms with Crippen molar-refractivity contribution in [2.75, 3.05) is 65.5 Å². The molecule has 13 nitrogen and oxygen atoms in total. The summed E-state index contributed by atoms with van der Waals surface area (Å²) >= 11 is 0. The molecule has 1 unspecified atom stereocenters. The highest BCUT2D eigenvalue weighted by molar-refractivity contribution is 5.92. The average molecular weight is 692 g/mol. The Hall–Kier alpha value is -4.55. The van der Waals surface area contributed by atoms with Gasteiger partial charge in [0.2, 0.25) is 23.5 Å². The number of aromatic nitrogens is 3. The van der Waals surface area contributed by atoms with Crippen molar-refractivity contribution in [3.63, 3.8) is 0 Å². The minimum absolute atomic E-state index is 0.0173. The molecule has 4 heterocycles. The molecule has 2 aliphatic rings. The van der Waals surface area contributed by atoms with Gasteiger partial charge in [-0.15, -0.1) is 0 Å². The summed E-state index contributed by atoms with van der Waals surface area (Å²) in [6.07, 6.45) is 7.21. The van der Waals surface area contributed by atoms with Crippen LogP contribution in [0.3, 0.4) is 0 Å². The number of pyridine rings is 1. The molecule has 0 spiro atoms. The van der Waals surface area contributed by atoms with Crippen molar-refractivity contribution in [3.05, 3.63) is 35.9 Å². The third-order valence-electron chi connectivity index (χ3n) is 9.67. The summed E-state index contributed by atoms with van der Waals surface area (Å²) in [4.78, 5) is 56.2. The number of carbonyl (C=O) groups excluding carboxylic acids is 3. The van der Waals surface area contributed by atoms with Crippen LogP contribution < -0.4 is 24.4 Å². The van der Waals surface area contributed by atoms with Crippen molar-refractivity contribution in [2.24, 2.45) is 11.8 Å². The maximum atomic E-state index is 14.2. The zero-order chi connectivity index (χ0) is 35.8.